The molecular weight excluding hydrogens is 296 g/mol. The smallest absolute Gasteiger partial charge is 0.352 e. The molecule has 0 unspecified atom stereocenters. The number of hydrogen-bond donors (Lipinski definition) is 0. The lowest BCUT2D eigenvalue weighted by Crippen LogP contribution is -2.06. The minimum absolute atomic E-state index is 0.0674. The van der Waals surface area contributed by atoms with E-state index in [1.165, 1.54) is 6.92 Å². The fourth-order valence-corrected chi connectivity index (χ4v) is 2.02. The molecule has 0 atom stereocenters. The lowest BCUT2D eigenvalue weighted by Gasteiger charge is -2.07. The number of aromatic nitrogens is 3. The van der Waals surface area contributed by atoms with Crippen LogP contribution in [0.25, 0.3) is 0 Å². The molecule has 7 nitrogen and oxygen atoms in total. The standard InChI is InChI=1S/C13H13ClN4O3/c1-9-11(18(19)20)12(17-13(14)16-9)21-8-2-3-10-4-6-15-7-5-10/h4-7H,2-3,8H2,1H3. The first-order chi connectivity index (χ1) is 10.1. The monoisotopic (exact) mass is 308 g/mol. The number of aryl methyl sites for hydroxylation is 2. The third kappa shape index (κ3) is 4.09. The Morgan fingerprint density at radius 1 is 1.33 bits per heavy atom. The largest absolute Gasteiger partial charge is 0.473 e. The van der Waals surface area contributed by atoms with Crippen molar-refractivity contribution in [3.05, 3.63) is 51.2 Å². The Bertz CT molecular complexity index is 637. The summed E-state index contributed by atoms with van der Waals surface area (Å²) in [6.07, 6.45) is 4.92. The molecule has 0 amide bonds. The highest BCUT2D eigenvalue weighted by Gasteiger charge is 2.23. The quantitative estimate of drug-likeness (QED) is 0.353. The van der Waals surface area contributed by atoms with Crippen LogP contribution in [-0.4, -0.2) is 26.5 Å². The van der Waals surface area contributed by atoms with E-state index in [9.17, 15) is 10.1 Å². The Balaban J connectivity index is 1.98. The second-order valence-corrected chi connectivity index (χ2v) is 4.63. The molecule has 2 aromatic heterocycles. The van der Waals surface area contributed by atoms with Gasteiger partial charge in [0.25, 0.3) is 5.88 Å². The molecule has 21 heavy (non-hydrogen) atoms. The van der Waals surface area contributed by atoms with Crippen LogP contribution in [0, 0.1) is 17.0 Å². The second kappa shape index (κ2) is 6.94. The van der Waals surface area contributed by atoms with E-state index in [0.29, 0.717) is 13.0 Å². The van der Waals surface area contributed by atoms with Gasteiger partial charge in [0.15, 0.2) is 0 Å². The Labute approximate surface area is 126 Å². The zero-order chi connectivity index (χ0) is 15.2. The predicted octanol–water partition coefficient (Wildman–Crippen LogP) is 2.75. The Morgan fingerprint density at radius 3 is 2.71 bits per heavy atom. The summed E-state index contributed by atoms with van der Waals surface area (Å²) in [5.41, 5.74) is 1.06. The van der Waals surface area contributed by atoms with E-state index in [4.69, 9.17) is 16.3 Å². The van der Waals surface area contributed by atoms with Crippen molar-refractivity contribution in [3.8, 4) is 5.88 Å². The van der Waals surface area contributed by atoms with E-state index >= 15 is 0 Å². The van der Waals surface area contributed by atoms with Crippen LogP contribution in [0.15, 0.2) is 24.5 Å². The van der Waals surface area contributed by atoms with Crippen LogP contribution in [-0.2, 0) is 6.42 Å². The van der Waals surface area contributed by atoms with E-state index in [1.54, 1.807) is 12.4 Å². The minimum Gasteiger partial charge on any atom is -0.473 e. The number of hydrogen-bond acceptors (Lipinski definition) is 6. The van der Waals surface area contributed by atoms with Gasteiger partial charge in [0.2, 0.25) is 5.28 Å². The normalized spacial score (nSPS) is 10.4. The number of pyridine rings is 1. The van der Waals surface area contributed by atoms with Crippen molar-refractivity contribution in [2.24, 2.45) is 0 Å². The van der Waals surface area contributed by atoms with E-state index in [0.717, 1.165) is 12.0 Å². The molecule has 0 N–H and O–H groups in total. The number of rotatable bonds is 6. The molecule has 0 aliphatic heterocycles. The topological polar surface area (TPSA) is 91.0 Å². The molecule has 2 aromatic rings. The Kier molecular flexibility index (Phi) is 4.99. The summed E-state index contributed by atoms with van der Waals surface area (Å²) >= 11 is 5.70. The average Bonchev–Trinajstić information content (AvgIpc) is 2.43. The number of ether oxygens (including phenoxy) is 1. The van der Waals surface area contributed by atoms with Gasteiger partial charge in [-0.2, -0.15) is 4.98 Å². The summed E-state index contributed by atoms with van der Waals surface area (Å²) in [4.78, 5) is 21.9. The molecule has 110 valence electrons. The zero-order valence-electron chi connectivity index (χ0n) is 11.3. The van der Waals surface area contributed by atoms with E-state index in [-0.39, 0.29) is 22.5 Å². The van der Waals surface area contributed by atoms with Gasteiger partial charge in [-0.25, -0.2) is 4.98 Å². The molecule has 0 spiro atoms. The van der Waals surface area contributed by atoms with Crippen molar-refractivity contribution in [3.63, 3.8) is 0 Å². The number of halogens is 1. The van der Waals surface area contributed by atoms with Gasteiger partial charge in [-0.1, -0.05) is 0 Å². The zero-order valence-corrected chi connectivity index (χ0v) is 12.1. The maximum atomic E-state index is 11.0. The van der Waals surface area contributed by atoms with E-state index in [2.05, 4.69) is 15.0 Å². The van der Waals surface area contributed by atoms with E-state index in [1.807, 2.05) is 12.1 Å². The molecule has 0 saturated carbocycles. The molecule has 0 aromatic carbocycles. The van der Waals surface area contributed by atoms with Crippen LogP contribution in [0.2, 0.25) is 5.28 Å². The van der Waals surface area contributed by atoms with Crippen molar-refractivity contribution in [1.29, 1.82) is 0 Å². The Morgan fingerprint density at radius 2 is 2.05 bits per heavy atom. The van der Waals surface area contributed by atoms with Crippen molar-refractivity contribution in [2.75, 3.05) is 6.61 Å². The third-order valence-corrected chi connectivity index (χ3v) is 2.95. The summed E-state index contributed by atoms with van der Waals surface area (Å²) in [5.74, 6) is -0.0905. The molecule has 0 aliphatic rings. The predicted molar refractivity (Wildman–Crippen MR) is 76.5 cm³/mol. The van der Waals surface area contributed by atoms with Crippen LogP contribution in [0.1, 0.15) is 17.7 Å². The van der Waals surface area contributed by atoms with Gasteiger partial charge in [-0.3, -0.25) is 15.1 Å². The van der Waals surface area contributed by atoms with Crippen LogP contribution in [0.5, 0.6) is 5.88 Å². The molecule has 0 bridgehead atoms. The summed E-state index contributed by atoms with van der Waals surface area (Å²) in [6.45, 7) is 1.80. The van der Waals surface area contributed by atoms with Crippen molar-refractivity contribution in [2.45, 2.75) is 19.8 Å². The molecule has 0 aliphatic carbocycles. The average molecular weight is 309 g/mol. The van der Waals surface area contributed by atoms with Gasteiger partial charge >= 0.3 is 5.69 Å². The highest BCUT2D eigenvalue weighted by molar-refractivity contribution is 6.28. The summed E-state index contributed by atoms with van der Waals surface area (Å²) < 4.78 is 5.39. The minimum atomic E-state index is -0.566. The van der Waals surface area contributed by atoms with E-state index < -0.39 is 4.92 Å². The Hall–Kier alpha value is -2.28. The SMILES string of the molecule is Cc1nc(Cl)nc(OCCCc2ccncc2)c1[N+](=O)[O-]. The van der Waals surface area contributed by atoms with Gasteiger partial charge in [0, 0.05) is 12.4 Å². The fraction of sp³-hybridized carbons (Fsp3) is 0.308. The van der Waals surface area contributed by atoms with Gasteiger partial charge in [-0.05, 0) is 49.1 Å². The maximum absolute atomic E-state index is 11.0. The van der Waals surface area contributed by atoms with Gasteiger partial charge in [0.1, 0.15) is 5.69 Å². The maximum Gasteiger partial charge on any atom is 0.352 e. The van der Waals surface area contributed by atoms with Crippen LogP contribution >= 0.6 is 11.6 Å². The molecular formula is C13H13ClN4O3. The molecule has 0 radical (unpaired) electrons. The second-order valence-electron chi connectivity index (χ2n) is 4.30. The number of nitrogens with zero attached hydrogens (tertiary/aromatic N) is 4. The molecule has 2 rings (SSSR count). The summed E-state index contributed by atoms with van der Waals surface area (Å²) in [6, 6.07) is 3.82. The molecule has 2 heterocycles. The van der Waals surface area contributed by atoms with Crippen molar-refractivity contribution < 1.29 is 9.66 Å². The van der Waals surface area contributed by atoms with Gasteiger partial charge in [-0.15, -0.1) is 0 Å². The van der Waals surface area contributed by atoms with Crippen LogP contribution in [0.3, 0.4) is 0 Å². The van der Waals surface area contributed by atoms with Gasteiger partial charge < -0.3 is 4.74 Å². The van der Waals surface area contributed by atoms with Crippen molar-refractivity contribution >= 4 is 17.3 Å². The van der Waals surface area contributed by atoms with Crippen LogP contribution in [0.4, 0.5) is 5.69 Å². The molecule has 8 heteroatoms. The first kappa shape index (κ1) is 15.1. The lowest BCUT2D eigenvalue weighted by molar-refractivity contribution is -0.387. The summed E-state index contributed by atoms with van der Waals surface area (Å²) in [7, 11) is 0. The molecule has 0 fully saturated rings. The highest BCUT2D eigenvalue weighted by Crippen LogP contribution is 2.28. The fourth-order valence-electron chi connectivity index (χ4n) is 1.81. The first-order valence-electron chi connectivity index (χ1n) is 6.28. The number of nitro groups is 1. The lowest BCUT2D eigenvalue weighted by atomic mass is 10.1. The molecule has 0 saturated heterocycles. The highest BCUT2D eigenvalue weighted by atomic mass is 35.5. The third-order valence-electron chi connectivity index (χ3n) is 2.78. The first-order valence-corrected chi connectivity index (χ1v) is 6.66. The van der Waals surface area contributed by atoms with Crippen molar-refractivity contribution in [1.82, 2.24) is 15.0 Å². The summed E-state index contributed by atoms with van der Waals surface area (Å²) in [5, 5.41) is 10.9. The van der Waals surface area contributed by atoms with Crippen LogP contribution < -0.4 is 4.74 Å². The van der Waals surface area contributed by atoms with Gasteiger partial charge in [0.05, 0.1) is 11.5 Å².